The zero-order chi connectivity index (χ0) is 14.3. The van der Waals surface area contributed by atoms with Crippen molar-refractivity contribution in [1.29, 1.82) is 0 Å². The van der Waals surface area contributed by atoms with E-state index in [2.05, 4.69) is 0 Å². The molecule has 3 nitrogen and oxygen atoms in total. The Hall–Kier alpha value is -0.893. The molecule has 0 radical (unpaired) electrons. The van der Waals surface area contributed by atoms with E-state index in [0.717, 1.165) is 6.07 Å². The van der Waals surface area contributed by atoms with Gasteiger partial charge in [-0.2, -0.15) is 13.2 Å². The van der Waals surface area contributed by atoms with Crippen LogP contribution in [-0.4, -0.2) is 30.4 Å². The lowest BCUT2D eigenvalue weighted by atomic mass is 10.1. The molecule has 1 aromatic carbocycles. The summed E-state index contributed by atoms with van der Waals surface area (Å²) in [4.78, 5) is 0. The number of rotatable bonds is 7. The highest BCUT2D eigenvalue weighted by molar-refractivity contribution is 6.36. The second kappa shape index (κ2) is 7.64. The second-order valence-electron chi connectivity index (χ2n) is 3.93. The van der Waals surface area contributed by atoms with Crippen molar-refractivity contribution in [3.63, 3.8) is 0 Å². The van der Waals surface area contributed by atoms with Gasteiger partial charge in [0.1, 0.15) is 0 Å². The second-order valence-corrected chi connectivity index (χ2v) is 5.79. The Labute approximate surface area is 112 Å². The number of hydrogen-bond donors (Lipinski definition) is 0. The van der Waals surface area contributed by atoms with E-state index in [-0.39, 0.29) is 0 Å². The third-order valence-electron chi connectivity index (χ3n) is 2.50. The zero-order valence-electron chi connectivity index (χ0n) is 10.9. The standard InChI is InChI=1S/C12H17F3O3Si/c1-16-19(17-2)18-8-4-6-10-5-3-7-11(9-10)12(13,14)15/h3,5,7,9,19H,4,6,8H2,1-2H3. The van der Waals surface area contributed by atoms with Crippen LogP contribution in [0.2, 0.25) is 0 Å². The highest BCUT2D eigenvalue weighted by Crippen LogP contribution is 2.29. The molecule has 0 aliphatic rings. The molecule has 0 saturated heterocycles. The number of alkyl halides is 3. The molecule has 0 atom stereocenters. The summed E-state index contributed by atoms with van der Waals surface area (Å²) in [6.07, 6.45) is -3.15. The van der Waals surface area contributed by atoms with Gasteiger partial charge in [0, 0.05) is 20.8 Å². The average molecular weight is 294 g/mol. The van der Waals surface area contributed by atoms with Crippen molar-refractivity contribution < 1.29 is 26.4 Å². The minimum atomic E-state index is -4.30. The average Bonchev–Trinajstić information content (AvgIpc) is 2.38. The van der Waals surface area contributed by atoms with E-state index in [1.807, 2.05) is 0 Å². The van der Waals surface area contributed by atoms with Crippen molar-refractivity contribution in [1.82, 2.24) is 0 Å². The van der Waals surface area contributed by atoms with Crippen LogP contribution in [0, 0.1) is 0 Å². The lowest BCUT2D eigenvalue weighted by Gasteiger charge is -2.12. The van der Waals surface area contributed by atoms with E-state index in [1.165, 1.54) is 26.4 Å². The Morgan fingerprint density at radius 2 is 1.84 bits per heavy atom. The van der Waals surface area contributed by atoms with Gasteiger partial charge in [-0.1, -0.05) is 18.2 Å². The van der Waals surface area contributed by atoms with Gasteiger partial charge >= 0.3 is 15.7 Å². The predicted octanol–water partition coefficient (Wildman–Crippen LogP) is 2.66. The molecule has 1 rings (SSSR count). The Morgan fingerprint density at radius 3 is 2.42 bits per heavy atom. The molecule has 0 spiro atoms. The number of aryl methyl sites for hydroxylation is 1. The van der Waals surface area contributed by atoms with E-state index in [0.29, 0.717) is 25.0 Å². The van der Waals surface area contributed by atoms with Gasteiger partial charge in [0.25, 0.3) is 0 Å². The zero-order valence-corrected chi connectivity index (χ0v) is 12.0. The van der Waals surface area contributed by atoms with E-state index in [9.17, 15) is 13.2 Å². The van der Waals surface area contributed by atoms with Crippen LogP contribution in [0.3, 0.4) is 0 Å². The third kappa shape index (κ3) is 5.73. The molecule has 0 amide bonds. The van der Waals surface area contributed by atoms with Gasteiger partial charge in [-0.25, -0.2) is 0 Å². The van der Waals surface area contributed by atoms with Crippen LogP contribution in [0.15, 0.2) is 24.3 Å². The molecule has 0 saturated carbocycles. The van der Waals surface area contributed by atoms with Crippen LogP contribution in [0.4, 0.5) is 13.2 Å². The third-order valence-corrected chi connectivity index (χ3v) is 3.78. The highest BCUT2D eigenvalue weighted by atomic mass is 28.3. The highest BCUT2D eigenvalue weighted by Gasteiger charge is 2.30. The maximum Gasteiger partial charge on any atom is 0.483 e. The summed E-state index contributed by atoms with van der Waals surface area (Å²) in [5.41, 5.74) is 0.0263. The molecule has 0 bridgehead atoms. The van der Waals surface area contributed by atoms with Crippen LogP contribution < -0.4 is 0 Å². The minimum absolute atomic E-state index is 0.412. The van der Waals surface area contributed by atoms with Gasteiger partial charge in [-0.3, -0.25) is 0 Å². The topological polar surface area (TPSA) is 27.7 Å². The molecule has 0 unspecified atom stereocenters. The SMILES string of the molecule is CO[SiH](OC)OCCCc1cccc(C(F)(F)F)c1. The van der Waals surface area contributed by atoms with Crippen molar-refractivity contribution in [3.05, 3.63) is 35.4 Å². The van der Waals surface area contributed by atoms with Gasteiger partial charge in [-0.05, 0) is 24.5 Å². The van der Waals surface area contributed by atoms with Crippen LogP contribution in [0.5, 0.6) is 0 Å². The molecule has 0 aliphatic heterocycles. The van der Waals surface area contributed by atoms with Gasteiger partial charge in [-0.15, -0.1) is 0 Å². The largest absolute Gasteiger partial charge is 0.483 e. The molecule has 1 aromatic rings. The fraction of sp³-hybridized carbons (Fsp3) is 0.500. The Kier molecular flexibility index (Phi) is 6.50. The smallest absolute Gasteiger partial charge is 0.379 e. The van der Waals surface area contributed by atoms with E-state index in [1.54, 1.807) is 6.07 Å². The number of hydrogen-bond acceptors (Lipinski definition) is 3. The predicted molar refractivity (Wildman–Crippen MR) is 66.9 cm³/mol. The maximum absolute atomic E-state index is 12.5. The van der Waals surface area contributed by atoms with Crippen molar-refractivity contribution in [2.75, 3.05) is 20.8 Å². The lowest BCUT2D eigenvalue weighted by molar-refractivity contribution is -0.137. The summed E-state index contributed by atoms with van der Waals surface area (Å²) in [6, 6.07) is 5.33. The number of halogens is 3. The molecule has 7 heteroatoms. The summed E-state index contributed by atoms with van der Waals surface area (Å²) in [5.74, 6) is 0. The maximum atomic E-state index is 12.5. The van der Waals surface area contributed by atoms with E-state index < -0.39 is 21.3 Å². The quantitative estimate of drug-likeness (QED) is 0.571. The fourth-order valence-electron chi connectivity index (χ4n) is 1.59. The van der Waals surface area contributed by atoms with Crippen molar-refractivity contribution in [2.24, 2.45) is 0 Å². The normalized spacial score (nSPS) is 12.1. The van der Waals surface area contributed by atoms with Crippen LogP contribution in [0.1, 0.15) is 17.5 Å². The molecule has 0 aromatic heterocycles. The first-order valence-electron chi connectivity index (χ1n) is 5.80. The first-order chi connectivity index (χ1) is 8.97. The van der Waals surface area contributed by atoms with Gasteiger partial charge in [0.05, 0.1) is 5.56 Å². The van der Waals surface area contributed by atoms with Crippen molar-refractivity contribution in [3.8, 4) is 0 Å². The Balaban J connectivity index is 2.42. The summed E-state index contributed by atoms with van der Waals surface area (Å²) in [5, 5.41) is 0. The Bertz CT molecular complexity index is 381. The molecule has 0 N–H and O–H groups in total. The Morgan fingerprint density at radius 1 is 1.16 bits per heavy atom. The first kappa shape index (κ1) is 16.2. The molecule has 108 valence electrons. The molecular formula is C12H17F3O3Si. The molecular weight excluding hydrogens is 277 g/mol. The van der Waals surface area contributed by atoms with Gasteiger partial charge < -0.3 is 13.3 Å². The van der Waals surface area contributed by atoms with Gasteiger partial charge in [0.15, 0.2) is 0 Å². The summed E-state index contributed by atoms with van der Waals surface area (Å²) < 4.78 is 52.8. The van der Waals surface area contributed by atoms with Gasteiger partial charge in [0.2, 0.25) is 0 Å². The van der Waals surface area contributed by atoms with E-state index in [4.69, 9.17) is 13.3 Å². The molecule has 0 fully saturated rings. The minimum Gasteiger partial charge on any atom is -0.379 e. The van der Waals surface area contributed by atoms with Crippen LogP contribution in [0.25, 0.3) is 0 Å². The summed E-state index contributed by atoms with van der Waals surface area (Å²) in [7, 11) is 0.979. The molecule has 19 heavy (non-hydrogen) atoms. The summed E-state index contributed by atoms with van der Waals surface area (Å²) >= 11 is 0. The monoisotopic (exact) mass is 294 g/mol. The lowest BCUT2D eigenvalue weighted by Crippen LogP contribution is -2.24. The van der Waals surface area contributed by atoms with E-state index >= 15 is 0 Å². The molecule has 0 heterocycles. The first-order valence-corrected chi connectivity index (χ1v) is 7.22. The van der Waals surface area contributed by atoms with Crippen LogP contribution in [-0.2, 0) is 25.9 Å². The molecule has 0 aliphatic carbocycles. The number of benzene rings is 1. The van der Waals surface area contributed by atoms with Crippen molar-refractivity contribution in [2.45, 2.75) is 19.0 Å². The van der Waals surface area contributed by atoms with Crippen molar-refractivity contribution >= 4 is 9.53 Å². The fourth-order valence-corrected chi connectivity index (χ4v) is 2.42. The van der Waals surface area contributed by atoms with Crippen LogP contribution >= 0.6 is 0 Å². The summed E-state index contributed by atoms with van der Waals surface area (Å²) in [6.45, 7) is 0.412.